The Kier molecular flexibility index (Phi) is 5.49. The molecular formula is C20H27N3O3. The summed E-state index contributed by atoms with van der Waals surface area (Å²) in [5.74, 6) is 1.69. The summed E-state index contributed by atoms with van der Waals surface area (Å²) in [4.78, 5) is 19.0. The van der Waals surface area contributed by atoms with Crippen molar-refractivity contribution in [3.8, 4) is 11.5 Å². The van der Waals surface area contributed by atoms with Crippen molar-refractivity contribution in [1.82, 2.24) is 9.88 Å². The number of fused-ring (bicyclic) bond motifs is 1. The third-order valence-corrected chi connectivity index (χ3v) is 5.01. The molecule has 0 radical (unpaired) electrons. The van der Waals surface area contributed by atoms with Gasteiger partial charge >= 0.3 is 0 Å². The SMILES string of the molecule is CCCC(=O)N1CCC[C@H](c2nc3cc(OC)c(OC)cc3cc2N)C1. The minimum Gasteiger partial charge on any atom is -0.493 e. The van der Waals surface area contributed by atoms with Crippen LogP contribution in [-0.4, -0.2) is 43.1 Å². The predicted octanol–water partition coefficient (Wildman–Crippen LogP) is 3.34. The lowest BCUT2D eigenvalue weighted by Gasteiger charge is -2.33. The molecule has 3 rings (SSSR count). The summed E-state index contributed by atoms with van der Waals surface area (Å²) in [6, 6.07) is 5.70. The van der Waals surface area contributed by atoms with E-state index in [9.17, 15) is 4.79 Å². The van der Waals surface area contributed by atoms with E-state index in [0.717, 1.165) is 42.4 Å². The lowest BCUT2D eigenvalue weighted by molar-refractivity contribution is -0.132. The molecule has 0 spiro atoms. The van der Waals surface area contributed by atoms with Gasteiger partial charge in [0.15, 0.2) is 11.5 Å². The Bertz CT molecular complexity index is 806. The van der Waals surface area contributed by atoms with Crippen LogP contribution in [0.4, 0.5) is 5.69 Å². The van der Waals surface area contributed by atoms with Gasteiger partial charge in [-0.15, -0.1) is 0 Å². The monoisotopic (exact) mass is 357 g/mol. The van der Waals surface area contributed by atoms with E-state index in [1.807, 2.05) is 30.0 Å². The summed E-state index contributed by atoms with van der Waals surface area (Å²) in [7, 11) is 3.22. The lowest BCUT2D eigenvalue weighted by atomic mass is 9.92. The third-order valence-electron chi connectivity index (χ3n) is 5.01. The van der Waals surface area contributed by atoms with Crippen molar-refractivity contribution >= 4 is 22.5 Å². The Balaban J connectivity index is 1.94. The largest absolute Gasteiger partial charge is 0.493 e. The van der Waals surface area contributed by atoms with Crippen LogP contribution in [0, 0.1) is 0 Å². The molecule has 1 aromatic carbocycles. The van der Waals surface area contributed by atoms with Gasteiger partial charge in [-0.1, -0.05) is 6.92 Å². The summed E-state index contributed by atoms with van der Waals surface area (Å²) in [5, 5.41) is 0.915. The van der Waals surface area contributed by atoms with Crippen LogP contribution in [0.2, 0.25) is 0 Å². The van der Waals surface area contributed by atoms with E-state index >= 15 is 0 Å². The Hall–Kier alpha value is -2.50. The number of benzene rings is 1. The number of aromatic nitrogens is 1. The highest BCUT2D eigenvalue weighted by molar-refractivity contribution is 5.86. The lowest BCUT2D eigenvalue weighted by Crippen LogP contribution is -2.39. The van der Waals surface area contributed by atoms with Gasteiger partial charge in [-0.2, -0.15) is 0 Å². The van der Waals surface area contributed by atoms with Crippen LogP contribution in [0.5, 0.6) is 11.5 Å². The fourth-order valence-electron chi connectivity index (χ4n) is 3.66. The van der Waals surface area contributed by atoms with Gasteiger partial charge in [0, 0.05) is 36.9 Å². The Morgan fingerprint density at radius 3 is 2.69 bits per heavy atom. The molecule has 1 aliphatic rings. The smallest absolute Gasteiger partial charge is 0.222 e. The second kappa shape index (κ2) is 7.81. The second-order valence-corrected chi connectivity index (χ2v) is 6.79. The van der Waals surface area contributed by atoms with Crippen LogP contribution in [0.25, 0.3) is 10.9 Å². The molecule has 1 atom stereocenters. The van der Waals surface area contributed by atoms with Gasteiger partial charge < -0.3 is 20.1 Å². The van der Waals surface area contributed by atoms with E-state index in [0.29, 0.717) is 30.2 Å². The van der Waals surface area contributed by atoms with E-state index in [-0.39, 0.29) is 11.8 Å². The molecular weight excluding hydrogens is 330 g/mol. The van der Waals surface area contributed by atoms with Gasteiger partial charge in [0.25, 0.3) is 0 Å². The summed E-state index contributed by atoms with van der Waals surface area (Å²) in [5.41, 5.74) is 8.68. The normalized spacial score (nSPS) is 17.3. The molecule has 0 aliphatic carbocycles. The number of rotatable bonds is 5. The van der Waals surface area contributed by atoms with Crippen LogP contribution >= 0.6 is 0 Å². The standard InChI is InChI=1S/C20H27N3O3/c1-4-6-19(24)23-8-5-7-13(12-23)20-15(21)9-14-10-17(25-2)18(26-3)11-16(14)22-20/h9-11,13H,4-8,12,21H2,1-3H3/t13-/m0/s1. The number of pyridine rings is 1. The number of nitrogens with zero attached hydrogens (tertiary/aromatic N) is 2. The van der Waals surface area contributed by atoms with Gasteiger partial charge in [0.1, 0.15) is 0 Å². The van der Waals surface area contributed by atoms with Crippen LogP contribution in [0.1, 0.15) is 44.2 Å². The molecule has 6 heteroatoms. The average molecular weight is 357 g/mol. The minimum atomic E-state index is 0.169. The van der Waals surface area contributed by atoms with Crippen LogP contribution < -0.4 is 15.2 Å². The molecule has 2 N–H and O–H groups in total. The van der Waals surface area contributed by atoms with Gasteiger partial charge in [0.05, 0.1) is 31.1 Å². The molecule has 2 aromatic rings. The third kappa shape index (κ3) is 3.54. The first-order chi connectivity index (χ1) is 12.6. The number of nitrogens with two attached hydrogens (primary N) is 1. The van der Waals surface area contributed by atoms with Crippen molar-refractivity contribution in [3.05, 3.63) is 23.9 Å². The average Bonchev–Trinajstić information content (AvgIpc) is 2.66. The fraction of sp³-hybridized carbons (Fsp3) is 0.500. The molecule has 26 heavy (non-hydrogen) atoms. The molecule has 6 nitrogen and oxygen atoms in total. The Morgan fingerprint density at radius 2 is 2.00 bits per heavy atom. The van der Waals surface area contributed by atoms with E-state index in [2.05, 4.69) is 0 Å². The van der Waals surface area contributed by atoms with Crippen LogP contribution in [-0.2, 0) is 4.79 Å². The van der Waals surface area contributed by atoms with Crippen LogP contribution in [0.3, 0.4) is 0 Å². The highest BCUT2D eigenvalue weighted by atomic mass is 16.5. The molecule has 1 aromatic heterocycles. The van der Waals surface area contributed by atoms with E-state index in [4.69, 9.17) is 20.2 Å². The van der Waals surface area contributed by atoms with Crippen molar-refractivity contribution in [2.75, 3.05) is 33.0 Å². The molecule has 1 aliphatic heterocycles. The number of piperidine rings is 1. The zero-order valence-electron chi connectivity index (χ0n) is 15.7. The molecule has 2 heterocycles. The van der Waals surface area contributed by atoms with Gasteiger partial charge in [-0.3, -0.25) is 9.78 Å². The first-order valence-electron chi connectivity index (χ1n) is 9.17. The van der Waals surface area contributed by atoms with Crippen molar-refractivity contribution in [1.29, 1.82) is 0 Å². The molecule has 140 valence electrons. The first kappa shape index (κ1) is 18.3. The van der Waals surface area contributed by atoms with Gasteiger partial charge in [-0.25, -0.2) is 0 Å². The number of anilines is 1. The van der Waals surface area contributed by atoms with Crippen molar-refractivity contribution in [2.45, 2.75) is 38.5 Å². The number of carbonyl (C=O) groups is 1. The van der Waals surface area contributed by atoms with Crippen molar-refractivity contribution in [3.63, 3.8) is 0 Å². The Labute approximate surface area is 154 Å². The van der Waals surface area contributed by atoms with E-state index < -0.39 is 0 Å². The predicted molar refractivity (Wildman–Crippen MR) is 103 cm³/mol. The number of methoxy groups -OCH3 is 2. The highest BCUT2D eigenvalue weighted by Gasteiger charge is 2.27. The number of hydrogen-bond donors (Lipinski definition) is 1. The number of nitrogen functional groups attached to an aromatic ring is 1. The molecule has 1 saturated heterocycles. The van der Waals surface area contributed by atoms with Crippen molar-refractivity contribution < 1.29 is 14.3 Å². The van der Waals surface area contributed by atoms with E-state index in [1.54, 1.807) is 14.2 Å². The molecule has 1 amide bonds. The number of hydrogen-bond acceptors (Lipinski definition) is 5. The molecule has 0 saturated carbocycles. The molecule has 1 fully saturated rings. The maximum atomic E-state index is 12.3. The summed E-state index contributed by atoms with van der Waals surface area (Å²) in [6.45, 7) is 3.55. The molecule has 0 unspecified atom stereocenters. The number of carbonyl (C=O) groups excluding carboxylic acids is 1. The second-order valence-electron chi connectivity index (χ2n) is 6.79. The maximum Gasteiger partial charge on any atom is 0.222 e. The minimum absolute atomic E-state index is 0.169. The molecule has 0 bridgehead atoms. The van der Waals surface area contributed by atoms with Crippen molar-refractivity contribution in [2.24, 2.45) is 0 Å². The summed E-state index contributed by atoms with van der Waals surface area (Å²) >= 11 is 0. The van der Waals surface area contributed by atoms with E-state index in [1.165, 1.54) is 0 Å². The van der Waals surface area contributed by atoms with Crippen LogP contribution in [0.15, 0.2) is 18.2 Å². The fourth-order valence-corrected chi connectivity index (χ4v) is 3.66. The first-order valence-corrected chi connectivity index (χ1v) is 9.17. The number of amides is 1. The summed E-state index contributed by atoms with van der Waals surface area (Å²) < 4.78 is 10.7. The Morgan fingerprint density at radius 1 is 1.27 bits per heavy atom. The van der Waals surface area contributed by atoms with Gasteiger partial charge in [-0.05, 0) is 31.4 Å². The van der Waals surface area contributed by atoms with Gasteiger partial charge in [0.2, 0.25) is 5.91 Å². The maximum absolute atomic E-state index is 12.3. The zero-order chi connectivity index (χ0) is 18.7. The number of ether oxygens (including phenoxy) is 2. The topological polar surface area (TPSA) is 77.7 Å². The quantitative estimate of drug-likeness (QED) is 0.888. The zero-order valence-corrected chi connectivity index (χ0v) is 15.7. The highest BCUT2D eigenvalue weighted by Crippen LogP contribution is 2.36. The summed E-state index contributed by atoms with van der Waals surface area (Å²) in [6.07, 6.45) is 3.44. The number of likely N-dealkylation sites (tertiary alicyclic amines) is 1.